The maximum absolute atomic E-state index is 12.0. The first kappa shape index (κ1) is 16.6. The van der Waals surface area contributed by atoms with Crippen LogP contribution in [-0.2, 0) is 4.74 Å². The molecule has 0 bridgehead atoms. The number of ether oxygens (including phenoxy) is 1. The minimum atomic E-state index is -0.431. The van der Waals surface area contributed by atoms with Gasteiger partial charge in [0.15, 0.2) is 0 Å². The van der Waals surface area contributed by atoms with Crippen LogP contribution < -0.4 is 10.6 Å². The predicted octanol–water partition coefficient (Wildman–Crippen LogP) is 3.46. The summed E-state index contributed by atoms with van der Waals surface area (Å²) in [6.45, 7) is 11.2. The zero-order valence-corrected chi connectivity index (χ0v) is 14.3. The molecule has 0 radical (unpaired) electrons. The van der Waals surface area contributed by atoms with E-state index in [0.717, 1.165) is 6.54 Å². The fraction of sp³-hybridized carbons (Fsp3) is 0.941. The van der Waals surface area contributed by atoms with Crippen LogP contribution in [0.25, 0.3) is 0 Å². The second-order valence-corrected chi connectivity index (χ2v) is 8.43. The molecule has 21 heavy (non-hydrogen) atoms. The molecule has 1 amide bonds. The Hall–Kier alpha value is -0.770. The Morgan fingerprint density at radius 2 is 1.95 bits per heavy atom. The zero-order valence-electron chi connectivity index (χ0n) is 14.3. The van der Waals surface area contributed by atoms with Crippen molar-refractivity contribution >= 4 is 6.09 Å². The van der Waals surface area contributed by atoms with Crippen molar-refractivity contribution in [3.63, 3.8) is 0 Å². The highest BCUT2D eigenvalue weighted by atomic mass is 16.6. The zero-order chi connectivity index (χ0) is 15.7. The number of amides is 1. The lowest BCUT2D eigenvalue weighted by Crippen LogP contribution is -2.49. The van der Waals surface area contributed by atoms with Crippen molar-refractivity contribution in [2.24, 2.45) is 11.3 Å². The van der Waals surface area contributed by atoms with E-state index in [0.29, 0.717) is 17.4 Å². The number of alkyl carbamates (subject to hydrolysis) is 1. The third-order valence-electron chi connectivity index (χ3n) is 4.73. The normalized spacial score (nSPS) is 26.4. The van der Waals surface area contributed by atoms with Crippen molar-refractivity contribution in [1.82, 2.24) is 10.6 Å². The Kier molecular flexibility index (Phi) is 4.86. The first-order chi connectivity index (χ1) is 9.67. The minimum Gasteiger partial charge on any atom is -0.444 e. The third kappa shape index (κ3) is 5.17. The van der Waals surface area contributed by atoms with Gasteiger partial charge in [0.05, 0.1) is 0 Å². The Morgan fingerprint density at radius 1 is 1.29 bits per heavy atom. The molecular weight excluding hydrogens is 264 g/mol. The van der Waals surface area contributed by atoms with E-state index in [1.165, 1.54) is 32.1 Å². The monoisotopic (exact) mass is 296 g/mol. The molecule has 122 valence electrons. The molecule has 2 unspecified atom stereocenters. The molecule has 4 nitrogen and oxygen atoms in total. The molecule has 0 aromatic heterocycles. The van der Waals surface area contributed by atoms with Crippen molar-refractivity contribution in [3.8, 4) is 0 Å². The van der Waals surface area contributed by atoms with Crippen molar-refractivity contribution < 1.29 is 9.53 Å². The van der Waals surface area contributed by atoms with E-state index < -0.39 is 5.60 Å². The van der Waals surface area contributed by atoms with E-state index in [9.17, 15) is 4.79 Å². The summed E-state index contributed by atoms with van der Waals surface area (Å²) in [5.41, 5.74) is -0.0565. The van der Waals surface area contributed by atoms with E-state index in [1.54, 1.807) is 0 Å². The standard InChI is InChI=1S/C17H32N2O2/c1-16(2,3)21-15(20)19-13(12-8-9-12)11-18-14-7-6-10-17(14,4)5/h12-14,18H,6-11H2,1-5H3,(H,19,20). The van der Waals surface area contributed by atoms with Crippen LogP contribution in [0, 0.1) is 11.3 Å². The SMILES string of the molecule is CC(C)(C)OC(=O)NC(CNC1CCCC1(C)C)C1CC1. The van der Waals surface area contributed by atoms with Crippen LogP contribution in [0.1, 0.15) is 66.7 Å². The van der Waals surface area contributed by atoms with Gasteiger partial charge in [-0.15, -0.1) is 0 Å². The van der Waals surface area contributed by atoms with Gasteiger partial charge in [-0.25, -0.2) is 4.79 Å². The van der Waals surface area contributed by atoms with Crippen LogP contribution in [0.2, 0.25) is 0 Å². The first-order valence-corrected chi connectivity index (χ1v) is 8.40. The van der Waals surface area contributed by atoms with E-state index >= 15 is 0 Å². The smallest absolute Gasteiger partial charge is 0.407 e. The number of hydrogen-bond donors (Lipinski definition) is 2. The van der Waals surface area contributed by atoms with Crippen LogP contribution >= 0.6 is 0 Å². The second kappa shape index (κ2) is 6.15. The van der Waals surface area contributed by atoms with Crippen molar-refractivity contribution in [1.29, 1.82) is 0 Å². The van der Waals surface area contributed by atoms with Crippen molar-refractivity contribution in [2.75, 3.05) is 6.54 Å². The fourth-order valence-corrected chi connectivity index (χ4v) is 3.27. The molecule has 0 aromatic rings. The maximum Gasteiger partial charge on any atom is 0.407 e. The average molecular weight is 296 g/mol. The van der Waals surface area contributed by atoms with Gasteiger partial charge in [0, 0.05) is 18.6 Å². The number of nitrogens with one attached hydrogen (secondary N) is 2. The number of carbonyl (C=O) groups excluding carboxylic acids is 1. The predicted molar refractivity (Wildman–Crippen MR) is 85.3 cm³/mol. The molecule has 0 spiro atoms. The summed E-state index contributed by atoms with van der Waals surface area (Å²) < 4.78 is 5.38. The van der Waals surface area contributed by atoms with Crippen LogP contribution in [0.3, 0.4) is 0 Å². The molecule has 2 N–H and O–H groups in total. The van der Waals surface area contributed by atoms with Gasteiger partial charge in [-0.05, 0) is 57.8 Å². The highest BCUT2D eigenvalue weighted by Gasteiger charge is 2.37. The lowest BCUT2D eigenvalue weighted by atomic mass is 9.87. The van der Waals surface area contributed by atoms with E-state index in [2.05, 4.69) is 24.5 Å². The summed E-state index contributed by atoms with van der Waals surface area (Å²) in [4.78, 5) is 12.0. The maximum atomic E-state index is 12.0. The Balaban J connectivity index is 1.81. The number of rotatable bonds is 5. The van der Waals surface area contributed by atoms with Gasteiger partial charge in [-0.3, -0.25) is 0 Å². The quantitative estimate of drug-likeness (QED) is 0.817. The Bertz CT molecular complexity index is 369. The molecule has 2 atom stereocenters. The first-order valence-electron chi connectivity index (χ1n) is 8.40. The molecule has 2 saturated carbocycles. The highest BCUT2D eigenvalue weighted by molar-refractivity contribution is 5.68. The molecule has 2 rings (SSSR count). The lowest BCUT2D eigenvalue weighted by molar-refractivity contribution is 0.0495. The lowest BCUT2D eigenvalue weighted by Gasteiger charge is -2.30. The van der Waals surface area contributed by atoms with Gasteiger partial charge in [0.1, 0.15) is 5.60 Å². The largest absolute Gasteiger partial charge is 0.444 e. The summed E-state index contributed by atoms with van der Waals surface area (Å²) >= 11 is 0. The molecule has 0 aliphatic heterocycles. The number of carbonyl (C=O) groups is 1. The van der Waals surface area contributed by atoms with Gasteiger partial charge in [0.2, 0.25) is 0 Å². The molecular formula is C17H32N2O2. The molecule has 2 aliphatic carbocycles. The molecule has 0 saturated heterocycles. The van der Waals surface area contributed by atoms with Gasteiger partial charge in [0.25, 0.3) is 0 Å². The van der Waals surface area contributed by atoms with Crippen molar-refractivity contribution in [3.05, 3.63) is 0 Å². The Morgan fingerprint density at radius 3 is 2.43 bits per heavy atom. The minimum absolute atomic E-state index is 0.205. The van der Waals surface area contributed by atoms with Gasteiger partial charge < -0.3 is 15.4 Å². The van der Waals surface area contributed by atoms with E-state index in [4.69, 9.17) is 4.74 Å². The van der Waals surface area contributed by atoms with Gasteiger partial charge >= 0.3 is 6.09 Å². The summed E-state index contributed by atoms with van der Waals surface area (Å²) in [7, 11) is 0. The summed E-state index contributed by atoms with van der Waals surface area (Å²) in [6, 6.07) is 0.774. The van der Waals surface area contributed by atoms with Crippen molar-refractivity contribution in [2.45, 2.75) is 84.4 Å². The Labute approximate surface area is 129 Å². The van der Waals surface area contributed by atoms with E-state index in [-0.39, 0.29) is 12.1 Å². The molecule has 4 heteroatoms. The fourth-order valence-electron chi connectivity index (χ4n) is 3.27. The molecule has 0 aromatic carbocycles. The summed E-state index contributed by atoms with van der Waals surface area (Å²) in [5, 5.41) is 6.75. The van der Waals surface area contributed by atoms with Crippen LogP contribution in [-0.4, -0.2) is 30.3 Å². The topological polar surface area (TPSA) is 50.4 Å². The average Bonchev–Trinajstić information content (AvgIpc) is 3.08. The highest BCUT2D eigenvalue weighted by Crippen LogP contribution is 2.38. The van der Waals surface area contributed by atoms with Crippen LogP contribution in [0.5, 0.6) is 0 Å². The van der Waals surface area contributed by atoms with Crippen LogP contribution in [0.4, 0.5) is 4.79 Å². The third-order valence-corrected chi connectivity index (χ3v) is 4.73. The van der Waals surface area contributed by atoms with E-state index in [1.807, 2.05) is 20.8 Å². The summed E-state index contributed by atoms with van der Waals surface area (Å²) in [6.07, 6.45) is 5.99. The molecule has 0 heterocycles. The van der Waals surface area contributed by atoms with Crippen LogP contribution in [0.15, 0.2) is 0 Å². The second-order valence-electron chi connectivity index (χ2n) is 8.43. The summed E-state index contributed by atoms with van der Waals surface area (Å²) in [5.74, 6) is 0.620. The van der Waals surface area contributed by atoms with Gasteiger partial charge in [-0.2, -0.15) is 0 Å². The number of hydrogen-bond acceptors (Lipinski definition) is 3. The molecule has 2 aliphatic rings. The van der Waals surface area contributed by atoms with Gasteiger partial charge in [-0.1, -0.05) is 20.3 Å². The molecule has 2 fully saturated rings.